The molecule has 0 aliphatic rings. The summed E-state index contributed by atoms with van der Waals surface area (Å²) in [5.74, 6) is -3.09. The smallest absolute Gasteiger partial charge is 0.475 e. The predicted octanol–water partition coefficient (Wildman–Crippen LogP) is 4.61. The Kier molecular flexibility index (Phi) is 13.8. The fraction of sp³-hybridized carbons (Fsp3) is 0.171. The van der Waals surface area contributed by atoms with Crippen molar-refractivity contribution in [2.75, 3.05) is 19.6 Å². The van der Waals surface area contributed by atoms with E-state index in [2.05, 4.69) is 5.32 Å². The maximum Gasteiger partial charge on any atom is 0.490 e. The maximum atomic E-state index is 13.4. The van der Waals surface area contributed by atoms with Gasteiger partial charge in [0, 0.05) is 37.8 Å². The monoisotopic (exact) mass is 696 g/mol. The molecule has 0 atom stereocenters. The number of primary sulfonamides is 1. The van der Waals surface area contributed by atoms with Crippen LogP contribution in [-0.4, -0.2) is 62.0 Å². The van der Waals surface area contributed by atoms with E-state index in [9.17, 15) is 31.2 Å². The van der Waals surface area contributed by atoms with Gasteiger partial charge < -0.3 is 21.1 Å². The van der Waals surface area contributed by atoms with Crippen molar-refractivity contribution >= 4 is 33.9 Å². The minimum atomic E-state index is -5.08. The molecule has 0 spiro atoms. The quantitative estimate of drug-likeness (QED) is 0.157. The topological polar surface area (TPSA) is 173 Å². The number of nitrogens with zero attached hydrogens (tertiary/aromatic N) is 1. The standard InChI is InChI=1S/C33H34N4O4S.C2HF3O2/c34-19-20-36-33(39)30-11-5-10-29(23-30)28-9-4-8-27(22-28)24-37(32(38)17-14-25-6-2-1-3-7-25)21-18-26-12-15-31(16-13-26)42(35,40)41;3-2(4,5)1(6)7/h1-17,22-23H,18-21,24,34H2,(H,36,39)(H2,35,40,41);(H,6,7). The minimum Gasteiger partial charge on any atom is -0.475 e. The summed E-state index contributed by atoms with van der Waals surface area (Å²) in [6.45, 7) is 1.53. The molecule has 0 heterocycles. The third-order valence-electron chi connectivity index (χ3n) is 6.88. The summed E-state index contributed by atoms with van der Waals surface area (Å²) < 4.78 is 55.0. The zero-order valence-corrected chi connectivity index (χ0v) is 27.0. The first-order chi connectivity index (χ1) is 23.2. The van der Waals surface area contributed by atoms with Crippen molar-refractivity contribution in [2.24, 2.45) is 10.9 Å². The van der Waals surface area contributed by atoms with Gasteiger partial charge >= 0.3 is 12.1 Å². The number of halogens is 3. The summed E-state index contributed by atoms with van der Waals surface area (Å²) in [7, 11) is -3.78. The van der Waals surface area contributed by atoms with E-state index in [1.54, 1.807) is 35.3 Å². The molecule has 0 aliphatic heterocycles. The Labute approximate surface area is 281 Å². The number of hydrogen-bond acceptors (Lipinski definition) is 6. The number of nitrogens with two attached hydrogens (primary N) is 2. The number of benzene rings is 4. The van der Waals surface area contributed by atoms with Crippen LogP contribution in [0.2, 0.25) is 0 Å². The summed E-state index contributed by atoms with van der Waals surface area (Å²) in [6.07, 6.45) is -1.21. The fourth-order valence-electron chi connectivity index (χ4n) is 4.41. The first-order valence-electron chi connectivity index (χ1n) is 14.8. The molecule has 10 nitrogen and oxygen atoms in total. The van der Waals surface area contributed by atoms with Crippen LogP contribution in [0.3, 0.4) is 0 Å². The van der Waals surface area contributed by atoms with E-state index in [4.69, 9.17) is 20.8 Å². The van der Waals surface area contributed by atoms with Crippen LogP contribution < -0.4 is 16.2 Å². The molecule has 0 aliphatic carbocycles. The number of nitrogens with one attached hydrogen (secondary N) is 1. The number of carboxylic acid groups (broad SMARTS) is 1. The lowest BCUT2D eigenvalue weighted by molar-refractivity contribution is -0.192. The van der Waals surface area contributed by atoms with Gasteiger partial charge in [-0.25, -0.2) is 18.4 Å². The Morgan fingerprint density at radius 3 is 2.04 bits per heavy atom. The number of hydrogen-bond donors (Lipinski definition) is 4. The minimum absolute atomic E-state index is 0.0442. The number of alkyl halides is 3. The second-order valence-corrected chi connectivity index (χ2v) is 12.1. The highest BCUT2D eigenvalue weighted by Gasteiger charge is 2.38. The van der Waals surface area contributed by atoms with Crippen LogP contribution in [0.25, 0.3) is 17.2 Å². The molecular weight excluding hydrogens is 661 g/mol. The summed E-state index contributed by atoms with van der Waals surface area (Å²) in [5, 5.41) is 15.1. The molecule has 0 saturated carbocycles. The molecule has 6 N–H and O–H groups in total. The first kappa shape index (κ1) is 38.1. The van der Waals surface area contributed by atoms with Gasteiger partial charge in [0.25, 0.3) is 5.91 Å². The number of carbonyl (C=O) groups excluding carboxylic acids is 2. The van der Waals surface area contributed by atoms with Gasteiger partial charge in [-0.05, 0) is 70.6 Å². The molecule has 0 aromatic heterocycles. The zero-order valence-electron chi connectivity index (χ0n) is 26.1. The summed E-state index contributed by atoms with van der Waals surface area (Å²) >= 11 is 0. The summed E-state index contributed by atoms with van der Waals surface area (Å²) in [6, 6.07) is 31.2. The van der Waals surface area contributed by atoms with Crippen LogP contribution in [-0.2, 0) is 32.6 Å². The molecule has 0 unspecified atom stereocenters. The number of carbonyl (C=O) groups is 3. The Bertz CT molecular complexity index is 1870. The van der Waals surface area contributed by atoms with Gasteiger partial charge in [0.15, 0.2) is 0 Å². The van der Waals surface area contributed by atoms with E-state index < -0.39 is 22.2 Å². The molecule has 4 aromatic carbocycles. The molecule has 14 heteroatoms. The summed E-state index contributed by atoms with van der Waals surface area (Å²) in [4.78, 5) is 36.5. The third-order valence-corrected chi connectivity index (χ3v) is 7.81. The Hall–Kier alpha value is -5.31. The molecule has 0 radical (unpaired) electrons. The van der Waals surface area contributed by atoms with Gasteiger partial charge in [0.2, 0.25) is 15.9 Å². The van der Waals surface area contributed by atoms with Gasteiger partial charge in [-0.2, -0.15) is 13.2 Å². The molecule has 2 amide bonds. The van der Waals surface area contributed by atoms with Gasteiger partial charge in [-0.3, -0.25) is 9.59 Å². The molecular formula is C35H35F3N4O6S. The Morgan fingerprint density at radius 2 is 1.45 bits per heavy atom. The van der Waals surface area contributed by atoms with E-state index >= 15 is 0 Å². The van der Waals surface area contributed by atoms with Gasteiger partial charge in [0.05, 0.1) is 4.90 Å². The second-order valence-electron chi connectivity index (χ2n) is 10.6. The van der Waals surface area contributed by atoms with E-state index in [0.29, 0.717) is 38.2 Å². The van der Waals surface area contributed by atoms with Crippen LogP contribution in [0.15, 0.2) is 114 Å². The van der Waals surface area contributed by atoms with Crippen molar-refractivity contribution in [3.63, 3.8) is 0 Å². The van der Waals surface area contributed by atoms with Crippen LogP contribution in [0, 0.1) is 0 Å². The van der Waals surface area contributed by atoms with E-state index in [1.807, 2.05) is 72.8 Å². The molecule has 49 heavy (non-hydrogen) atoms. The third kappa shape index (κ3) is 12.7. The van der Waals surface area contributed by atoms with E-state index in [-0.39, 0.29) is 16.7 Å². The predicted molar refractivity (Wildman–Crippen MR) is 179 cm³/mol. The van der Waals surface area contributed by atoms with Crippen molar-refractivity contribution in [3.05, 3.63) is 131 Å². The highest BCUT2D eigenvalue weighted by Crippen LogP contribution is 2.23. The van der Waals surface area contributed by atoms with E-state index in [0.717, 1.165) is 27.8 Å². The number of sulfonamides is 1. The largest absolute Gasteiger partial charge is 0.490 e. The lowest BCUT2D eigenvalue weighted by Gasteiger charge is -2.22. The average molecular weight is 697 g/mol. The van der Waals surface area contributed by atoms with Gasteiger partial charge in [0.1, 0.15) is 0 Å². The molecule has 0 fully saturated rings. The molecule has 258 valence electrons. The molecule has 0 saturated heterocycles. The van der Waals surface area contributed by atoms with E-state index in [1.165, 1.54) is 12.1 Å². The maximum absolute atomic E-state index is 13.4. The highest BCUT2D eigenvalue weighted by atomic mass is 32.2. The second kappa shape index (κ2) is 17.7. The Balaban J connectivity index is 0.000000838. The fourth-order valence-corrected chi connectivity index (χ4v) is 4.93. The van der Waals surface area contributed by atoms with Gasteiger partial charge in [-0.15, -0.1) is 0 Å². The Morgan fingerprint density at radius 1 is 0.837 bits per heavy atom. The summed E-state index contributed by atoms with van der Waals surface area (Å²) in [5.41, 5.74) is 10.6. The average Bonchev–Trinajstić information content (AvgIpc) is 3.08. The SMILES string of the molecule is NCCNC(=O)c1cccc(-c2cccc(CN(CCc3ccc(S(N)(=O)=O)cc3)C(=O)C=Cc3ccccc3)c2)c1.O=C(O)C(F)(F)F. The van der Waals surface area contributed by atoms with Crippen molar-refractivity contribution in [1.29, 1.82) is 0 Å². The molecule has 0 bridgehead atoms. The number of aliphatic carboxylic acids is 1. The lowest BCUT2D eigenvalue weighted by Crippen LogP contribution is -2.31. The highest BCUT2D eigenvalue weighted by molar-refractivity contribution is 7.89. The molecule has 4 aromatic rings. The van der Waals surface area contributed by atoms with Crippen molar-refractivity contribution in [1.82, 2.24) is 10.2 Å². The van der Waals surface area contributed by atoms with Crippen molar-refractivity contribution in [2.45, 2.75) is 24.0 Å². The van der Waals surface area contributed by atoms with Gasteiger partial charge in [-0.1, -0.05) is 72.8 Å². The zero-order chi connectivity index (χ0) is 36.0. The normalized spacial score (nSPS) is 11.4. The van der Waals surface area contributed by atoms with Crippen LogP contribution in [0.1, 0.15) is 27.0 Å². The van der Waals surface area contributed by atoms with Crippen LogP contribution >= 0.6 is 0 Å². The van der Waals surface area contributed by atoms with Crippen molar-refractivity contribution < 1.29 is 41.1 Å². The van der Waals surface area contributed by atoms with Crippen LogP contribution in [0.4, 0.5) is 13.2 Å². The van der Waals surface area contributed by atoms with Crippen LogP contribution in [0.5, 0.6) is 0 Å². The lowest BCUT2D eigenvalue weighted by atomic mass is 10.0. The number of amides is 2. The number of rotatable bonds is 12. The molecule has 4 rings (SSSR count). The number of carboxylic acids is 1. The first-order valence-corrected chi connectivity index (χ1v) is 16.3. The van der Waals surface area contributed by atoms with Crippen molar-refractivity contribution in [3.8, 4) is 11.1 Å².